The Kier molecular flexibility index (Phi) is 5.94. The maximum absolute atomic E-state index is 14.2. The molecule has 2 bridgehead atoms. The molecule has 0 spiro atoms. The van der Waals surface area contributed by atoms with Crippen LogP contribution in [0.3, 0.4) is 0 Å². The van der Waals surface area contributed by atoms with E-state index < -0.39 is 30.3 Å². The Balaban J connectivity index is 1.07. The van der Waals surface area contributed by atoms with Crippen LogP contribution in [0, 0.1) is 11.8 Å². The molecule has 3 aliphatic carbocycles. The van der Waals surface area contributed by atoms with Crippen molar-refractivity contribution in [1.82, 2.24) is 0 Å². The van der Waals surface area contributed by atoms with Gasteiger partial charge in [0.1, 0.15) is 0 Å². The van der Waals surface area contributed by atoms with Crippen molar-refractivity contribution >= 4 is 45.8 Å². The molecule has 3 amide bonds. The lowest BCUT2D eigenvalue weighted by molar-refractivity contribution is -0.122. The Labute approximate surface area is 253 Å². The van der Waals surface area contributed by atoms with E-state index in [1.807, 2.05) is 84.9 Å². The zero-order chi connectivity index (χ0) is 29.9. The molecule has 1 fully saturated rings. The van der Waals surface area contributed by atoms with Gasteiger partial charge in [-0.3, -0.25) is 14.4 Å². The van der Waals surface area contributed by atoms with Crippen LogP contribution in [-0.4, -0.2) is 30.3 Å². The van der Waals surface area contributed by atoms with Gasteiger partial charge in [0.25, 0.3) is 5.91 Å². The van der Waals surface area contributed by atoms with Crippen LogP contribution in [0.2, 0.25) is 0 Å². The van der Waals surface area contributed by atoms with Crippen LogP contribution in [0.1, 0.15) is 44.4 Å². The normalized spacial score (nSPS) is 21.0. The molecule has 7 nitrogen and oxygen atoms in total. The van der Waals surface area contributed by atoms with Gasteiger partial charge in [-0.1, -0.05) is 97.1 Å². The van der Waals surface area contributed by atoms with Gasteiger partial charge in [0, 0.05) is 22.9 Å². The van der Waals surface area contributed by atoms with Gasteiger partial charge in [0.15, 0.2) is 6.61 Å². The van der Waals surface area contributed by atoms with Crippen molar-refractivity contribution in [2.75, 3.05) is 16.8 Å². The molecule has 5 aromatic rings. The Bertz CT molecular complexity index is 1910. The number of nitrogens with one attached hydrogen (secondary N) is 1. The standard InChI is InChI=1S/C37H26N2O5/c40-30(38-28-18-9-11-21-10-1-2-12-22(21)28)20-44-37(43)27-17-7-8-19-29(27)39-35(41)33-31-23-13-3-4-14-24(23)32(34(33)36(39)42)26-16-6-5-15-25(26)31/h1-19,31-34H,20H2,(H,38,40)/t31?,32?,33-,34-/m0/s1. The molecule has 0 saturated carbocycles. The van der Waals surface area contributed by atoms with Crippen molar-refractivity contribution in [2.45, 2.75) is 11.8 Å². The lowest BCUT2D eigenvalue weighted by Gasteiger charge is -2.45. The predicted octanol–water partition coefficient (Wildman–Crippen LogP) is 6.03. The highest BCUT2D eigenvalue weighted by atomic mass is 16.5. The molecule has 1 aliphatic heterocycles. The van der Waals surface area contributed by atoms with Crippen molar-refractivity contribution in [3.63, 3.8) is 0 Å². The third kappa shape index (κ3) is 3.82. The van der Waals surface area contributed by atoms with E-state index in [0.29, 0.717) is 5.69 Å². The van der Waals surface area contributed by atoms with Crippen LogP contribution in [0.5, 0.6) is 0 Å². The summed E-state index contributed by atoms with van der Waals surface area (Å²) in [5, 5.41) is 4.64. The summed E-state index contributed by atoms with van der Waals surface area (Å²) >= 11 is 0. The number of anilines is 2. The Hall–Kier alpha value is -5.56. The van der Waals surface area contributed by atoms with Crippen LogP contribution < -0.4 is 10.2 Å². The van der Waals surface area contributed by atoms with E-state index in [1.54, 1.807) is 24.3 Å². The molecule has 1 heterocycles. The minimum absolute atomic E-state index is 0.0492. The van der Waals surface area contributed by atoms with Crippen molar-refractivity contribution in [3.05, 3.63) is 143 Å². The molecule has 0 radical (unpaired) electrons. The van der Waals surface area contributed by atoms with Crippen LogP contribution >= 0.6 is 0 Å². The fourth-order valence-electron chi connectivity index (χ4n) is 7.49. The van der Waals surface area contributed by atoms with Crippen molar-refractivity contribution in [1.29, 1.82) is 0 Å². The number of hydrogen-bond acceptors (Lipinski definition) is 5. The SMILES string of the molecule is O=C(COC(=O)c1ccccc1N1C(=O)[C@H]2C3c4ccccc4C(c4ccccc43)[C@@H]2C1=O)Nc1cccc2ccccc12. The monoisotopic (exact) mass is 578 g/mol. The number of amides is 3. The summed E-state index contributed by atoms with van der Waals surface area (Å²) in [5.41, 5.74) is 5.13. The highest BCUT2D eigenvalue weighted by molar-refractivity contribution is 6.25. The fourth-order valence-corrected chi connectivity index (χ4v) is 7.49. The molecule has 5 aromatic carbocycles. The number of ether oxygens (including phenoxy) is 1. The van der Waals surface area contributed by atoms with E-state index in [4.69, 9.17) is 4.74 Å². The fraction of sp³-hybridized carbons (Fsp3) is 0.135. The number of para-hydroxylation sites is 1. The first-order valence-electron chi connectivity index (χ1n) is 14.6. The quantitative estimate of drug-likeness (QED) is 0.203. The van der Waals surface area contributed by atoms with Crippen molar-refractivity contribution < 1.29 is 23.9 Å². The van der Waals surface area contributed by atoms with E-state index in [0.717, 1.165) is 33.0 Å². The molecule has 0 unspecified atom stereocenters. The minimum Gasteiger partial charge on any atom is -0.452 e. The number of imide groups is 1. The largest absolute Gasteiger partial charge is 0.452 e. The second-order valence-corrected chi connectivity index (χ2v) is 11.4. The zero-order valence-electron chi connectivity index (χ0n) is 23.5. The number of benzene rings is 5. The summed E-state index contributed by atoms with van der Waals surface area (Å²) < 4.78 is 5.42. The van der Waals surface area contributed by atoms with E-state index in [9.17, 15) is 19.2 Å². The molecule has 214 valence electrons. The second-order valence-electron chi connectivity index (χ2n) is 11.4. The summed E-state index contributed by atoms with van der Waals surface area (Å²) in [6.45, 7) is -0.529. The van der Waals surface area contributed by atoms with Crippen LogP contribution in [0.15, 0.2) is 115 Å². The number of carbonyl (C=O) groups is 4. The number of hydrogen-bond donors (Lipinski definition) is 1. The minimum atomic E-state index is -0.793. The zero-order valence-corrected chi connectivity index (χ0v) is 23.5. The van der Waals surface area contributed by atoms with Crippen LogP contribution in [0.25, 0.3) is 10.8 Å². The number of fused-ring (bicyclic) bond motifs is 1. The van der Waals surface area contributed by atoms with Crippen molar-refractivity contribution in [3.8, 4) is 0 Å². The summed E-state index contributed by atoms with van der Waals surface area (Å²) in [4.78, 5) is 55.7. The summed E-state index contributed by atoms with van der Waals surface area (Å²) in [5.74, 6) is -3.61. The van der Waals surface area contributed by atoms with Gasteiger partial charge in [-0.05, 0) is 45.8 Å². The first-order chi connectivity index (χ1) is 21.5. The molecule has 1 saturated heterocycles. The van der Waals surface area contributed by atoms with Gasteiger partial charge in [-0.15, -0.1) is 0 Å². The van der Waals surface area contributed by atoms with Gasteiger partial charge >= 0.3 is 5.97 Å². The highest BCUT2D eigenvalue weighted by Gasteiger charge is 2.62. The van der Waals surface area contributed by atoms with Gasteiger partial charge < -0.3 is 10.1 Å². The molecule has 2 atom stereocenters. The van der Waals surface area contributed by atoms with Gasteiger partial charge in [0.05, 0.1) is 23.1 Å². The third-order valence-corrected chi connectivity index (χ3v) is 9.21. The van der Waals surface area contributed by atoms with Gasteiger partial charge in [-0.2, -0.15) is 0 Å². The molecule has 44 heavy (non-hydrogen) atoms. The number of carbonyl (C=O) groups excluding carboxylic acids is 4. The predicted molar refractivity (Wildman–Crippen MR) is 165 cm³/mol. The van der Waals surface area contributed by atoms with E-state index in [2.05, 4.69) is 5.32 Å². The molecule has 9 rings (SSSR count). The molecule has 0 aromatic heterocycles. The maximum atomic E-state index is 14.2. The third-order valence-electron chi connectivity index (χ3n) is 9.21. The molecular formula is C37H26N2O5. The Morgan fingerprint density at radius 2 is 1.16 bits per heavy atom. The molecular weight excluding hydrogens is 552 g/mol. The summed E-state index contributed by atoms with van der Waals surface area (Å²) in [7, 11) is 0. The Morgan fingerprint density at radius 3 is 1.80 bits per heavy atom. The first-order valence-corrected chi connectivity index (χ1v) is 14.6. The maximum Gasteiger partial charge on any atom is 0.340 e. The molecule has 4 aliphatic rings. The van der Waals surface area contributed by atoms with E-state index in [-0.39, 0.29) is 34.9 Å². The van der Waals surface area contributed by atoms with Crippen molar-refractivity contribution in [2.24, 2.45) is 11.8 Å². The number of esters is 1. The smallest absolute Gasteiger partial charge is 0.340 e. The topological polar surface area (TPSA) is 92.8 Å². The Morgan fingerprint density at radius 1 is 0.636 bits per heavy atom. The highest BCUT2D eigenvalue weighted by Crippen LogP contribution is 2.61. The average Bonchev–Trinajstić information content (AvgIpc) is 3.33. The van der Waals surface area contributed by atoms with Crippen LogP contribution in [0.4, 0.5) is 11.4 Å². The second kappa shape index (κ2) is 10.0. The first kappa shape index (κ1) is 26.1. The van der Waals surface area contributed by atoms with E-state index >= 15 is 0 Å². The number of nitrogens with zero attached hydrogens (tertiary/aromatic N) is 1. The number of rotatable bonds is 5. The average molecular weight is 579 g/mol. The van der Waals surface area contributed by atoms with Crippen LogP contribution in [-0.2, 0) is 19.1 Å². The summed E-state index contributed by atoms with van der Waals surface area (Å²) in [6, 6.07) is 35.7. The summed E-state index contributed by atoms with van der Waals surface area (Å²) in [6.07, 6.45) is 0. The van der Waals surface area contributed by atoms with Gasteiger partial charge in [0.2, 0.25) is 11.8 Å². The van der Waals surface area contributed by atoms with Gasteiger partial charge in [-0.25, -0.2) is 9.69 Å². The lowest BCUT2D eigenvalue weighted by atomic mass is 9.55. The lowest BCUT2D eigenvalue weighted by Crippen LogP contribution is -2.41. The van der Waals surface area contributed by atoms with E-state index in [1.165, 1.54) is 11.0 Å². The molecule has 1 N–H and O–H groups in total. The molecule has 7 heteroatoms.